The molecule has 0 saturated carbocycles. The minimum absolute atomic E-state index is 0.0252. The first-order valence-corrected chi connectivity index (χ1v) is 9.77. The molecule has 0 aliphatic heterocycles. The Balaban J connectivity index is 1.54. The van der Waals surface area contributed by atoms with Gasteiger partial charge < -0.3 is 19.4 Å². The van der Waals surface area contributed by atoms with Crippen LogP contribution in [0.2, 0.25) is 0 Å². The summed E-state index contributed by atoms with van der Waals surface area (Å²) >= 11 is 1.17. The summed E-state index contributed by atoms with van der Waals surface area (Å²) in [5, 5.41) is 22.3. The van der Waals surface area contributed by atoms with E-state index in [-0.39, 0.29) is 29.6 Å². The molecule has 2 aromatic carbocycles. The van der Waals surface area contributed by atoms with Crippen molar-refractivity contribution in [3.63, 3.8) is 0 Å². The number of rotatable bonds is 9. The molecule has 3 aromatic rings. The molecule has 1 aromatic heterocycles. The number of hydrogen-bond donors (Lipinski definition) is 1. The average molecular weight is 429 g/mol. The molecule has 3 rings (SSSR count). The molecular weight excluding hydrogens is 410 g/mol. The lowest BCUT2D eigenvalue weighted by Gasteiger charge is -2.08. The summed E-state index contributed by atoms with van der Waals surface area (Å²) in [5.74, 6) is 1.63. The molecule has 0 spiro atoms. The summed E-state index contributed by atoms with van der Waals surface area (Å²) < 4.78 is 12.5. The lowest BCUT2D eigenvalue weighted by atomic mass is 10.2. The number of methoxy groups -OCH3 is 1. The summed E-state index contributed by atoms with van der Waals surface area (Å²) in [6, 6.07) is 13.1. The normalized spacial score (nSPS) is 10.5. The molecule has 11 heteroatoms. The van der Waals surface area contributed by atoms with E-state index >= 15 is 0 Å². The summed E-state index contributed by atoms with van der Waals surface area (Å²) in [4.78, 5) is 22.7. The van der Waals surface area contributed by atoms with Gasteiger partial charge in [-0.15, -0.1) is 10.2 Å². The van der Waals surface area contributed by atoms with Crippen molar-refractivity contribution in [3.05, 3.63) is 64.5 Å². The Morgan fingerprint density at radius 2 is 1.87 bits per heavy atom. The highest BCUT2D eigenvalue weighted by molar-refractivity contribution is 7.99. The number of anilines is 1. The molecule has 0 aliphatic carbocycles. The van der Waals surface area contributed by atoms with Gasteiger partial charge in [-0.3, -0.25) is 14.9 Å². The molecule has 0 fully saturated rings. The zero-order chi connectivity index (χ0) is 21.5. The van der Waals surface area contributed by atoms with Gasteiger partial charge in [-0.05, 0) is 30.3 Å². The molecule has 0 aliphatic rings. The predicted octanol–water partition coefficient (Wildman–Crippen LogP) is 3.04. The zero-order valence-electron chi connectivity index (χ0n) is 16.3. The van der Waals surface area contributed by atoms with Crippen LogP contribution in [0.15, 0.2) is 53.7 Å². The number of ether oxygens (including phenoxy) is 2. The lowest BCUT2D eigenvalue weighted by Crippen LogP contribution is -2.15. The number of benzene rings is 2. The highest BCUT2D eigenvalue weighted by Crippen LogP contribution is 2.24. The number of para-hydroxylation sites is 2. The van der Waals surface area contributed by atoms with Crippen molar-refractivity contribution in [2.24, 2.45) is 7.05 Å². The predicted molar refractivity (Wildman–Crippen MR) is 111 cm³/mol. The Morgan fingerprint density at radius 1 is 1.17 bits per heavy atom. The van der Waals surface area contributed by atoms with Crippen LogP contribution in [0, 0.1) is 10.1 Å². The third-order valence-electron chi connectivity index (χ3n) is 4.06. The number of carbonyl (C=O) groups excluding carboxylic acids is 1. The number of nitro groups is 1. The number of nitro benzene ring substituents is 1. The van der Waals surface area contributed by atoms with Crippen molar-refractivity contribution in [2.75, 3.05) is 18.2 Å². The minimum Gasteiger partial charge on any atom is -0.497 e. The second-order valence-corrected chi connectivity index (χ2v) is 6.98. The van der Waals surface area contributed by atoms with Crippen LogP contribution < -0.4 is 14.8 Å². The maximum Gasteiger partial charge on any atom is 0.292 e. The molecule has 0 atom stereocenters. The maximum atomic E-state index is 12.2. The van der Waals surface area contributed by atoms with E-state index in [0.29, 0.717) is 16.7 Å². The van der Waals surface area contributed by atoms with Gasteiger partial charge in [0.15, 0.2) is 11.0 Å². The minimum atomic E-state index is -0.541. The molecule has 0 radical (unpaired) electrons. The Bertz CT molecular complexity index is 1040. The van der Waals surface area contributed by atoms with Gasteiger partial charge in [0.2, 0.25) is 5.91 Å². The second kappa shape index (κ2) is 9.74. The largest absolute Gasteiger partial charge is 0.497 e. The van der Waals surface area contributed by atoms with Crippen LogP contribution in [0.25, 0.3) is 0 Å². The molecule has 1 N–H and O–H groups in total. The zero-order valence-corrected chi connectivity index (χ0v) is 17.1. The van der Waals surface area contributed by atoms with Crippen molar-refractivity contribution in [1.29, 1.82) is 0 Å². The first-order chi connectivity index (χ1) is 14.5. The van der Waals surface area contributed by atoms with Crippen molar-refractivity contribution >= 4 is 29.0 Å². The SMILES string of the molecule is COc1ccc(OCc2nnc(SCC(=O)Nc3ccccc3[N+](=O)[O-])n2C)cc1. The van der Waals surface area contributed by atoms with Crippen molar-refractivity contribution in [3.8, 4) is 11.5 Å². The number of amides is 1. The highest BCUT2D eigenvalue weighted by Gasteiger charge is 2.16. The quantitative estimate of drug-likeness (QED) is 0.313. The molecule has 0 unspecified atom stereocenters. The number of hydrogen-bond acceptors (Lipinski definition) is 8. The van der Waals surface area contributed by atoms with Crippen molar-refractivity contribution in [2.45, 2.75) is 11.8 Å². The van der Waals surface area contributed by atoms with E-state index in [2.05, 4.69) is 15.5 Å². The van der Waals surface area contributed by atoms with Crippen LogP contribution in [0.3, 0.4) is 0 Å². The fraction of sp³-hybridized carbons (Fsp3) is 0.211. The molecule has 0 saturated heterocycles. The van der Waals surface area contributed by atoms with Crippen LogP contribution in [-0.2, 0) is 18.4 Å². The Kier molecular flexibility index (Phi) is 6.86. The van der Waals surface area contributed by atoms with Crippen molar-refractivity contribution < 1.29 is 19.2 Å². The summed E-state index contributed by atoms with van der Waals surface area (Å²) in [6.07, 6.45) is 0. The molecule has 0 bridgehead atoms. The van der Waals surface area contributed by atoms with Gasteiger partial charge in [0.05, 0.1) is 17.8 Å². The van der Waals surface area contributed by atoms with Gasteiger partial charge in [-0.2, -0.15) is 0 Å². The Morgan fingerprint density at radius 3 is 2.57 bits per heavy atom. The summed E-state index contributed by atoms with van der Waals surface area (Å²) in [7, 11) is 3.37. The van der Waals surface area contributed by atoms with E-state index in [1.54, 1.807) is 49.1 Å². The topological polar surface area (TPSA) is 121 Å². The third-order valence-corrected chi connectivity index (χ3v) is 5.08. The first-order valence-electron chi connectivity index (χ1n) is 8.79. The molecule has 1 amide bonds. The van der Waals surface area contributed by atoms with Crippen molar-refractivity contribution in [1.82, 2.24) is 14.8 Å². The van der Waals surface area contributed by atoms with Gasteiger partial charge in [0, 0.05) is 13.1 Å². The van der Waals surface area contributed by atoms with Crippen LogP contribution in [0.4, 0.5) is 11.4 Å². The maximum absolute atomic E-state index is 12.2. The second-order valence-electron chi connectivity index (χ2n) is 6.03. The number of carbonyl (C=O) groups is 1. The highest BCUT2D eigenvalue weighted by atomic mass is 32.2. The van der Waals surface area contributed by atoms with E-state index in [4.69, 9.17) is 9.47 Å². The van der Waals surface area contributed by atoms with Gasteiger partial charge in [-0.1, -0.05) is 23.9 Å². The fourth-order valence-corrected chi connectivity index (χ4v) is 3.20. The monoisotopic (exact) mass is 429 g/mol. The molecule has 10 nitrogen and oxygen atoms in total. The van der Waals surface area contributed by atoms with Gasteiger partial charge in [-0.25, -0.2) is 0 Å². The molecule has 156 valence electrons. The Labute approximate surface area is 176 Å². The van der Waals surface area contributed by atoms with E-state index in [1.165, 1.54) is 30.0 Å². The third kappa shape index (κ3) is 5.26. The van der Waals surface area contributed by atoms with Crippen LogP contribution in [0.1, 0.15) is 5.82 Å². The van der Waals surface area contributed by atoms with Gasteiger partial charge in [0.1, 0.15) is 23.8 Å². The first kappa shape index (κ1) is 21.1. The lowest BCUT2D eigenvalue weighted by molar-refractivity contribution is -0.383. The van der Waals surface area contributed by atoms with Gasteiger partial charge in [0.25, 0.3) is 5.69 Å². The summed E-state index contributed by atoms with van der Waals surface area (Å²) in [6.45, 7) is 0.207. The fourth-order valence-electron chi connectivity index (χ4n) is 2.47. The standard InChI is InChI=1S/C19H19N5O5S/c1-23-17(11-29-14-9-7-13(28-2)8-10-14)21-22-19(23)30-12-18(25)20-15-5-3-4-6-16(15)24(26)27/h3-10H,11-12H2,1-2H3,(H,20,25). The average Bonchev–Trinajstić information content (AvgIpc) is 3.10. The molecule has 1 heterocycles. The molecular formula is C19H19N5O5S. The van der Waals surface area contributed by atoms with Crippen LogP contribution in [0.5, 0.6) is 11.5 Å². The number of aromatic nitrogens is 3. The number of thioether (sulfide) groups is 1. The van der Waals surface area contributed by atoms with E-state index < -0.39 is 4.92 Å². The van der Waals surface area contributed by atoms with Crippen LogP contribution >= 0.6 is 11.8 Å². The Hall–Kier alpha value is -3.60. The smallest absolute Gasteiger partial charge is 0.292 e. The van der Waals surface area contributed by atoms with Gasteiger partial charge >= 0.3 is 0 Å². The summed E-state index contributed by atoms with van der Waals surface area (Å²) in [5.41, 5.74) is -0.00730. The van der Waals surface area contributed by atoms with E-state index in [9.17, 15) is 14.9 Å². The van der Waals surface area contributed by atoms with Crippen LogP contribution in [-0.4, -0.2) is 38.5 Å². The number of nitrogens with one attached hydrogen (secondary N) is 1. The van der Waals surface area contributed by atoms with E-state index in [1.807, 2.05) is 0 Å². The number of nitrogens with zero attached hydrogens (tertiary/aromatic N) is 4. The molecule has 30 heavy (non-hydrogen) atoms. The van der Waals surface area contributed by atoms with E-state index in [0.717, 1.165) is 5.75 Å².